The van der Waals surface area contributed by atoms with Crippen LogP contribution in [0.25, 0.3) is 20.8 Å². The Hall–Kier alpha value is -2.29. The molecule has 3 aromatic heterocycles. The summed E-state index contributed by atoms with van der Waals surface area (Å²) in [5.74, 6) is 0.393. The summed E-state index contributed by atoms with van der Waals surface area (Å²) in [5.41, 5.74) is 3.45. The van der Waals surface area contributed by atoms with Crippen molar-refractivity contribution >= 4 is 50.6 Å². The third kappa shape index (κ3) is 3.73. The van der Waals surface area contributed by atoms with Crippen molar-refractivity contribution in [3.63, 3.8) is 0 Å². The Morgan fingerprint density at radius 2 is 2.00 bits per heavy atom. The minimum absolute atomic E-state index is 0.330. The number of benzene rings is 1. The summed E-state index contributed by atoms with van der Waals surface area (Å²) in [4.78, 5) is 17.3. The van der Waals surface area contributed by atoms with E-state index in [0.717, 1.165) is 42.1 Å². The molecule has 0 unspecified atom stereocenters. The molecule has 0 N–H and O–H groups in total. The van der Waals surface area contributed by atoms with E-state index in [1.165, 1.54) is 7.11 Å². The van der Waals surface area contributed by atoms with E-state index in [9.17, 15) is 4.79 Å². The molecule has 4 rings (SSSR count). The third-order valence-corrected chi connectivity index (χ3v) is 6.78. The summed E-state index contributed by atoms with van der Waals surface area (Å²) in [5, 5.41) is 12.8. The van der Waals surface area contributed by atoms with Gasteiger partial charge in [0.15, 0.2) is 0 Å². The second kappa shape index (κ2) is 7.75. The van der Waals surface area contributed by atoms with Crippen molar-refractivity contribution in [2.75, 3.05) is 7.11 Å². The molecule has 0 spiro atoms. The van der Waals surface area contributed by atoms with Gasteiger partial charge in [0.2, 0.25) is 0 Å². The maximum absolute atomic E-state index is 11.5. The summed E-state index contributed by atoms with van der Waals surface area (Å²) >= 11 is 4.90. The van der Waals surface area contributed by atoms with E-state index in [1.54, 1.807) is 46.6 Å². The first kappa shape index (κ1) is 18.1. The number of hydrogen-bond donors (Lipinski definition) is 0. The van der Waals surface area contributed by atoms with E-state index in [1.807, 2.05) is 30.5 Å². The van der Waals surface area contributed by atoms with Gasteiger partial charge in [-0.15, -0.1) is 32.9 Å². The highest BCUT2D eigenvalue weighted by atomic mass is 32.2. The molecule has 0 saturated carbocycles. The summed E-state index contributed by atoms with van der Waals surface area (Å²) in [7, 11) is 1.38. The van der Waals surface area contributed by atoms with Gasteiger partial charge >= 0.3 is 5.97 Å². The minimum atomic E-state index is -0.330. The van der Waals surface area contributed by atoms with Gasteiger partial charge in [-0.2, -0.15) is 0 Å². The lowest BCUT2D eigenvalue weighted by Crippen LogP contribution is -2.00. The largest absolute Gasteiger partial charge is 0.465 e. The highest BCUT2D eigenvalue weighted by Crippen LogP contribution is 2.37. The van der Waals surface area contributed by atoms with Crippen molar-refractivity contribution in [2.45, 2.75) is 17.7 Å². The monoisotopic (exact) mass is 413 g/mol. The number of rotatable bonds is 5. The number of aromatic nitrogens is 3. The minimum Gasteiger partial charge on any atom is -0.465 e. The van der Waals surface area contributed by atoms with Crippen LogP contribution in [-0.4, -0.2) is 28.3 Å². The average Bonchev–Trinajstić information content (AvgIpc) is 3.35. The lowest BCUT2D eigenvalue weighted by Gasteiger charge is -2.05. The van der Waals surface area contributed by atoms with E-state index < -0.39 is 0 Å². The first-order chi connectivity index (χ1) is 13.2. The number of hydrogen-bond acceptors (Lipinski definition) is 8. The van der Waals surface area contributed by atoms with Crippen molar-refractivity contribution in [1.29, 1.82) is 0 Å². The first-order valence-corrected chi connectivity index (χ1v) is 10.8. The molecule has 0 aliphatic rings. The quantitative estimate of drug-likeness (QED) is 0.331. The Morgan fingerprint density at radius 1 is 1.19 bits per heavy atom. The SMILES string of the molecule is COC(=O)c1ccc(CSc2nnc(-c3cccs3)c3sc(C)nc23)cc1. The van der Waals surface area contributed by atoms with Gasteiger partial charge in [0.25, 0.3) is 0 Å². The van der Waals surface area contributed by atoms with Crippen LogP contribution in [0.2, 0.25) is 0 Å². The number of aryl methyl sites for hydroxylation is 1. The van der Waals surface area contributed by atoms with Crippen LogP contribution < -0.4 is 0 Å². The van der Waals surface area contributed by atoms with Crippen LogP contribution >= 0.6 is 34.4 Å². The van der Waals surface area contributed by atoms with Gasteiger partial charge in [0.1, 0.15) is 16.2 Å². The molecule has 3 heterocycles. The lowest BCUT2D eigenvalue weighted by atomic mass is 10.1. The molecule has 0 fully saturated rings. The standard InChI is InChI=1S/C19H15N3O2S3/c1-11-20-16-17(27-11)15(14-4-3-9-25-14)21-22-18(16)26-10-12-5-7-13(8-6-12)19(23)24-2/h3-9H,10H2,1-2H3. The number of nitrogens with zero attached hydrogens (tertiary/aromatic N) is 3. The Labute approximate surface area is 168 Å². The zero-order valence-corrected chi connectivity index (χ0v) is 17.1. The topological polar surface area (TPSA) is 65.0 Å². The average molecular weight is 414 g/mol. The zero-order chi connectivity index (χ0) is 18.8. The number of fused-ring (bicyclic) bond motifs is 1. The number of thiazole rings is 1. The lowest BCUT2D eigenvalue weighted by molar-refractivity contribution is 0.0600. The molecule has 0 radical (unpaired) electrons. The molecule has 27 heavy (non-hydrogen) atoms. The summed E-state index contributed by atoms with van der Waals surface area (Å²) in [6.07, 6.45) is 0. The van der Waals surface area contributed by atoms with Gasteiger partial charge < -0.3 is 4.74 Å². The maximum atomic E-state index is 11.5. The number of thioether (sulfide) groups is 1. The fraction of sp³-hybridized carbons (Fsp3) is 0.158. The van der Waals surface area contributed by atoms with Gasteiger partial charge in [0.05, 0.1) is 27.3 Å². The fourth-order valence-corrected chi connectivity index (χ4v) is 5.24. The molecular weight excluding hydrogens is 398 g/mol. The third-order valence-electron chi connectivity index (χ3n) is 3.90. The second-order valence-electron chi connectivity index (χ2n) is 5.72. The van der Waals surface area contributed by atoms with Gasteiger partial charge in [-0.25, -0.2) is 9.78 Å². The smallest absolute Gasteiger partial charge is 0.337 e. The Kier molecular flexibility index (Phi) is 5.20. The Morgan fingerprint density at radius 3 is 2.70 bits per heavy atom. The van der Waals surface area contributed by atoms with Crippen molar-refractivity contribution in [3.8, 4) is 10.6 Å². The van der Waals surface area contributed by atoms with Crippen LogP contribution in [0.4, 0.5) is 0 Å². The van der Waals surface area contributed by atoms with Crippen LogP contribution in [-0.2, 0) is 10.5 Å². The normalized spacial score (nSPS) is 11.0. The molecule has 136 valence electrons. The van der Waals surface area contributed by atoms with Crippen molar-refractivity contribution < 1.29 is 9.53 Å². The predicted molar refractivity (Wildman–Crippen MR) is 111 cm³/mol. The number of methoxy groups -OCH3 is 1. The molecule has 8 heteroatoms. The van der Waals surface area contributed by atoms with Gasteiger partial charge in [-0.3, -0.25) is 0 Å². The number of esters is 1. The summed E-state index contributed by atoms with van der Waals surface area (Å²) in [6, 6.07) is 11.5. The van der Waals surface area contributed by atoms with Crippen LogP contribution in [0.15, 0.2) is 46.8 Å². The molecular formula is C19H15N3O2S3. The summed E-state index contributed by atoms with van der Waals surface area (Å²) in [6.45, 7) is 2.00. The number of carbonyl (C=O) groups is 1. The number of thiophene rings is 1. The predicted octanol–water partition coefficient (Wildman–Crippen LogP) is 5.20. The van der Waals surface area contributed by atoms with Crippen LogP contribution in [0.1, 0.15) is 20.9 Å². The highest BCUT2D eigenvalue weighted by Gasteiger charge is 2.16. The van der Waals surface area contributed by atoms with E-state index in [-0.39, 0.29) is 5.97 Å². The van der Waals surface area contributed by atoms with E-state index in [0.29, 0.717) is 5.56 Å². The molecule has 0 bridgehead atoms. The van der Waals surface area contributed by atoms with E-state index >= 15 is 0 Å². The Bertz CT molecular complexity index is 1090. The second-order valence-corrected chi connectivity index (χ2v) is 8.83. The highest BCUT2D eigenvalue weighted by molar-refractivity contribution is 7.98. The van der Waals surface area contributed by atoms with Gasteiger partial charge in [-0.1, -0.05) is 30.0 Å². The van der Waals surface area contributed by atoms with E-state index in [4.69, 9.17) is 4.74 Å². The van der Waals surface area contributed by atoms with Gasteiger partial charge in [0, 0.05) is 5.75 Å². The van der Waals surface area contributed by atoms with Crippen molar-refractivity contribution in [3.05, 3.63) is 57.9 Å². The number of carbonyl (C=O) groups excluding carboxylic acids is 1. The number of ether oxygens (including phenoxy) is 1. The molecule has 0 saturated heterocycles. The van der Waals surface area contributed by atoms with Gasteiger partial charge in [-0.05, 0) is 36.1 Å². The van der Waals surface area contributed by atoms with Crippen LogP contribution in [0.5, 0.6) is 0 Å². The molecule has 0 aliphatic carbocycles. The maximum Gasteiger partial charge on any atom is 0.337 e. The molecule has 0 aliphatic heterocycles. The molecule has 0 atom stereocenters. The van der Waals surface area contributed by atoms with E-state index in [2.05, 4.69) is 21.2 Å². The molecule has 0 amide bonds. The summed E-state index contributed by atoms with van der Waals surface area (Å²) < 4.78 is 5.81. The van der Waals surface area contributed by atoms with Crippen LogP contribution in [0, 0.1) is 6.92 Å². The first-order valence-electron chi connectivity index (χ1n) is 8.13. The zero-order valence-electron chi connectivity index (χ0n) is 14.6. The van der Waals surface area contributed by atoms with Crippen molar-refractivity contribution in [1.82, 2.24) is 15.2 Å². The molecule has 1 aromatic carbocycles. The fourth-order valence-electron chi connectivity index (χ4n) is 2.60. The molecule has 5 nitrogen and oxygen atoms in total. The van der Waals surface area contributed by atoms with Crippen LogP contribution in [0.3, 0.4) is 0 Å². The Balaban J connectivity index is 1.59. The van der Waals surface area contributed by atoms with Crippen molar-refractivity contribution in [2.24, 2.45) is 0 Å². The molecule has 4 aromatic rings.